The molecule has 4 nitrogen and oxygen atoms in total. The van der Waals surface area contributed by atoms with Crippen LogP contribution in [-0.4, -0.2) is 28.8 Å². The molecule has 2 aromatic heterocycles. The van der Waals surface area contributed by atoms with Crippen molar-refractivity contribution in [3.8, 4) is 10.7 Å². The summed E-state index contributed by atoms with van der Waals surface area (Å²) in [5.74, 6) is 1.49. The number of thiophene rings is 1. The first-order valence-electron chi connectivity index (χ1n) is 6.23. The summed E-state index contributed by atoms with van der Waals surface area (Å²) in [5, 5.41) is 2.07. The normalized spacial score (nSPS) is 21.3. The Kier molecular flexibility index (Phi) is 3.45. The Labute approximate surface area is 110 Å². The molecule has 0 aliphatic carbocycles. The predicted octanol–water partition coefficient (Wildman–Crippen LogP) is 1.98. The largest absolute Gasteiger partial charge is 0.381 e. The van der Waals surface area contributed by atoms with Gasteiger partial charge >= 0.3 is 0 Å². The summed E-state index contributed by atoms with van der Waals surface area (Å²) in [6.45, 7) is 2.45. The van der Waals surface area contributed by atoms with Crippen LogP contribution in [0.4, 0.5) is 0 Å². The quantitative estimate of drug-likeness (QED) is 0.917. The predicted molar refractivity (Wildman–Crippen MR) is 72.4 cm³/mol. The van der Waals surface area contributed by atoms with Crippen molar-refractivity contribution in [2.24, 2.45) is 11.7 Å². The van der Waals surface area contributed by atoms with Crippen molar-refractivity contribution in [2.75, 3.05) is 13.2 Å². The number of imidazole rings is 1. The molecular formula is C13H17N3OS. The minimum Gasteiger partial charge on any atom is -0.381 e. The molecule has 0 radical (unpaired) electrons. The second-order valence-electron chi connectivity index (χ2n) is 4.67. The zero-order chi connectivity index (χ0) is 12.4. The monoisotopic (exact) mass is 263 g/mol. The molecule has 2 atom stereocenters. The average Bonchev–Trinajstić information content (AvgIpc) is 3.11. The van der Waals surface area contributed by atoms with Gasteiger partial charge in [-0.05, 0) is 17.9 Å². The first-order valence-corrected chi connectivity index (χ1v) is 7.11. The Balaban J connectivity index is 1.75. The Morgan fingerprint density at radius 1 is 1.61 bits per heavy atom. The fraction of sp³-hybridized carbons (Fsp3) is 0.462. The lowest BCUT2D eigenvalue weighted by molar-refractivity contribution is 0.179. The third kappa shape index (κ3) is 2.34. The molecular weight excluding hydrogens is 246 g/mol. The van der Waals surface area contributed by atoms with Crippen LogP contribution >= 0.6 is 11.3 Å². The molecule has 1 aliphatic heterocycles. The van der Waals surface area contributed by atoms with Gasteiger partial charge in [-0.2, -0.15) is 0 Å². The number of ether oxygens (including phenoxy) is 1. The Bertz CT molecular complexity index is 488. The summed E-state index contributed by atoms with van der Waals surface area (Å²) in [6, 6.07) is 4.28. The molecule has 2 N–H and O–H groups in total. The van der Waals surface area contributed by atoms with Crippen LogP contribution in [0.25, 0.3) is 10.7 Å². The van der Waals surface area contributed by atoms with E-state index in [1.165, 1.54) is 4.88 Å². The van der Waals surface area contributed by atoms with E-state index in [1.54, 1.807) is 11.3 Å². The minimum atomic E-state index is 0.139. The first kappa shape index (κ1) is 11.9. The van der Waals surface area contributed by atoms with E-state index in [0.29, 0.717) is 5.92 Å². The van der Waals surface area contributed by atoms with E-state index in [0.717, 1.165) is 32.0 Å². The van der Waals surface area contributed by atoms with E-state index in [2.05, 4.69) is 21.0 Å². The summed E-state index contributed by atoms with van der Waals surface area (Å²) in [6.07, 6.45) is 4.92. The third-order valence-corrected chi connectivity index (χ3v) is 4.30. The number of nitrogens with two attached hydrogens (primary N) is 1. The van der Waals surface area contributed by atoms with Gasteiger partial charge in [0.05, 0.1) is 11.5 Å². The second kappa shape index (κ2) is 5.22. The van der Waals surface area contributed by atoms with Crippen molar-refractivity contribution in [1.82, 2.24) is 9.55 Å². The molecule has 96 valence electrons. The summed E-state index contributed by atoms with van der Waals surface area (Å²) in [5.41, 5.74) is 6.27. The smallest absolute Gasteiger partial charge is 0.150 e. The average molecular weight is 263 g/mol. The van der Waals surface area contributed by atoms with Crippen LogP contribution in [0.2, 0.25) is 0 Å². The fourth-order valence-electron chi connectivity index (χ4n) is 2.35. The number of hydrogen-bond donors (Lipinski definition) is 1. The maximum atomic E-state index is 6.27. The zero-order valence-corrected chi connectivity index (χ0v) is 11.0. The lowest BCUT2D eigenvalue weighted by Gasteiger charge is -2.19. The van der Waals surface area contributed by atoms with Crippen LogP contribution in [0.1, 0.15) is 6.42 Å². The number of aromatic nitrogens is 2. The maximum Gasteiger partial charge on any atom is 0.150 e. The summed E-state index contributed by atoms with van der Waals surface area (Å²) < 4.78 is 7.54. The first-order chi connectivity index (χ1) is 8.84. The molecule has 1 fully saturated rings. The third-order valence-electron chi connectivity index (χ3n) is 3.43. The number of nitrogens with zero attached hydrogens (tertiary/aromatic N) is 2. The fourth-order valence-corrected chi connectivity index (χ4v) is 3.09. The second-order valence-corrected chi connectivity index (χ2v) is 5.62. The molecule has 5 heteroatoms. The highest BCUT2D eigenvalue weighted by Gasteiger charge is 2.23. The van der Waals surface area contributed by atoms with Crippen molar-refractivity contribution < 1.29 is 4.74 Å². The van der Waals surface area contributed by atoms with Gasteiger partial charge in [0.25, 0.3) is 0 Å². The van der Waals surface area contributed by atoms with E-state index in [-0.39, 0.29) is 6.04 Å². The Morgan fingerprint density at radius 3 is 3.28 bits per heavy atom. The summed E-state index contributed by atoms with van der Waals surface area (Å²) in [7, 11) is 0. The SMILES string of the molecule is NC(Cn1ccnc1-c1cccs1)C1CCOC1. The maximum absolute atomic E-state index is 6.27. The van der Waals surface area contributed by atoms with E-state index < -0.39 is 0 Å². The standard InChI is InChI=1S/C13H17N3OS/c14-11(10-3-6-17-9-10)8-16-5-4-15-13(16)12-2-1-7-18-12/h1-2,4-5,7,10-11H,3,6,8-9,14H2. The van der Waals surface area contributed by atoms with Gasteiger partial charge in [-0.1, -0.05) is 6.07 Å². The molecule has 3 heterocycles. The van der Waals surface area contributed by atoms with Crippen LogP contribution in [0.3, 0.4) is 0 Å². The van der Waals surface area contributed by atoms with Crippen molar-refractivity contribution in [3.05, 3.63) is 29.9 Å². The van der Waals surface area contributed by atoms with Crippen LogP contribution < -0.4 is 5.73 Å². The van der Waals surface area contributed by atoms with Gasteiger partial charge in [0.2, 0.25) is 0 Å². The lowest BCUT2D eigenvalue weighted by atomic mass is 10.00. The molecule has 2 unspecified atom stereocenters. The number of rotatable bonds is 4. The number of hydrogen-bond acceptors (Lipinski definition) is 4. The molecule has 0 amide bonds. The molecule has 0 saturated carbocycles. The highest BCUT2D eigenvalue weighted by molar-refractivity contribution is 7.13. The van der Waals surface area contributed by atoms with Crippen molar-refractivity contribution in [1.29, 1.82) is 0 Å². The summed E-state index contributed by atoms with van der Waals surface area (Å²) >= 11 is 1.71. The van der Waals surface area contributed by atoms with Gasteiger partial charge in [0.15, 0.2) is 0 Å². The van der Waals surface area contributed by atoms with Crippen LogP contribution in [0.15, 0.2) is 29.9 Å². The molecule has 2 aromatic rings. The van der Waals surface area contributed by atoms with Crippen LogP contribution in [-0.2, 0) is 11.3 Å². The summed E-state index contributed by atoms with van der Waals surface area (Å²) in [4.78, 5) is 5.61. The Morgan fingerprint density at radius 2 is 2.56 bits per heavy atom. The van der Waals surface area contributed by atoms with E-state index in [9.17, 15) is 0 Å². The van der Waals surface area contributed by atoms with Crippen molar-refractivity contribution >= 4 is 11.3 Å². The van der Waals surface area contributed by atoms with Crippen molar-refractivity contribution in [3.63, 3.8) is 0 Å². The Hall–Kier alpha value is -1.17. The molecule has 0 spiro atoms. The van der Waals surface area contributed by atoms with Gasteiger partial charge in [0, 0.05) is 37.5 Å². The van der Waals surface area contributed by atoms with Gasteiger partial charge in [-0.25, -0.2) is 4.98 Å². The van der Waals surface area contributed by atoms with Gasteiger partial charge in [-0.15, -0.1) is 11.3 Å². The van der Waals surface area contributed by atoms with E-state index >= 15 is 0 Å². The lowest BCUT2D eigenvalue weighted by Crippen LogP contribution is -2.34. The molecule has 1 aliphatic rings. The minimum absolute atomic E-state index is 0.139. The molecule has 3 rings (SSSR count). The van der Waals surface area contributed by atoms with Crippen molar-refractivity contribution in [2.45, 2.75) is 19.0 Å². The zero-order valence-electron chi connectivity index (χ0n) is 10.2. The van der Waals surface area contributed by atoms with Gasteiger partial charge in [0.1, 0.15) is 5.82 Å². The van der Waals surface area contributed by atoms with Crippen LogP contribution in [0.5, 0.6) is 0 Å². The van der Waals surface area contributed by atoms with Gasteiger partial charge in [-0.3, -0.25) is 0 Å². The highest BCUT2D eigenvalue weighted by atomic mass is 32.1. The molecule has 0 aromatic carbocycles. The molecule has 1 saturated heterocycles. The van der Waals surface area contributed by atoms with Crippen LogP contribution in [0, 0.1) is 5.92 Å². The highest BCUT2D eigenvalue weighted by Crippen LogP contribution is 2.24. The van der Waals surface area contributed by atoms with E-state index in [1.807, 2.05) is 18.5 Å². The molecule has 0 bridgehead atoms. The van der Waals surface area contributed by atoms with Gasteiger partial charge < -0.3 is 15.0 Å². The molecule has 18 heavy (non-hydrogen) atoms. The van der Waals surface area contributed by atoms with E-state index in [4.69, 9.17) is 10.5 Å². The topological polar surface area (TPSA) is 53.1 Å².